The first-order valence-corrected chi connectivity index (χ1v) is 6.62. The number of hydrogen-bond donors (Lipinski definition) is 2. The summed E-state index contributed by atoms with van der Waals surface area (Å²) in [5, 5.41) is 22.1. The van der Waals surface area contributed by atoms with Crippen LogP contribution in [0.25, 0.3) is 10.8 Å². The Balaban J connectivity index is 2.43. The van der Waals surface area contributed by atoms with Crippen LogP contribution in [0.1, 0.15) is 24.0 Å². The molecule has 0 aliphatic heterocycles. The van der Waals surface area contributed by atoms with Crippen LogP contribution in [0.2, 0.25) is 0 Å². The molecule has 0 saturated carbocycles. The molecular weight excluding hydrogens is 280 g/mol. The molecule has 0 unspecified atom stereocenters. The fraction of sp³-hybridized carbons (Fsp3) is 0.286. The number of phenols is 2. The van der Waals surface area contributed by atoms with E-state index in [0.29, 0.717) is 11.5 Å². The Morgan fingerprint density at radius 3 is 2.12 bits per heavy atom. The van der Waals surface area contributed by atoms with Crippen LogP contribution in [-0.2, 0) is 12.8 Å². The van der Waals surface area contributed by atoms with Crippen molar-refractivity contribution in [3.8, 4) is 11.5 Å². The molecule has 0 atom stereocenters. The summed E-state index contributed by atoms with van der Waals surface area (Å²) in [4.78, 5) is 0. The molecule has 0 amide bonds. The van der Waals surface area contributed by atoms with Crippen LogP contribution >= 0.6 is 15.9 Å². The molecule has 0 radical (unpaired) electrons. The van der Waals surface area contributed by atoms with E-state index in [1.165, 1.54) is 0 Å². The van der Waals surface area contributed by atoms with Crippen LogP contribution in [0.3, 0.4) is 0 Å². The van der Waals surface area contributed by atoms with Crippen LogP contribution in [0, 0.1) is 0 Å². The zero-order valence-corrected chi connectivity index (χ0v) is 10.9. The van der Waals surface area contributed by atoms with Gasteiger partial charge < -0.3 is 10.2 Å². The topological polar surface area (TPSA) is 40.5 Å². The van der Waals surface area contributed by atoms with Crippen molar-refractivity contribution >= 4 is 26.7 Å². The zero-order valence-electron chi connectivity index (χ0n) is 9.33. The molecule has 0 heterocycles. The molecule has 17 heavy (non-hydrogen) atoms. The van der Waals surface area contributed by atoms with Gasteiger partial charge in [-0.15, -0.1) is 0 Å². The number of benzene rings is 2. The molecule has 2 aromatic carbocycles. The summed E-state index contributed by atoms with van der Waals surface area (Å²) in [6.45, 7) is 0. The van der Waals surface area contributed by atoms with E-state index in [-0.39, 0.29) is 0 Å². The second kappa shape index (κ2) is 3.91. The Bertz CT molecular complexity index is 605. The first kappa shape index (κ1) is 10.9. The molecule has 88 valence electrons. The number of aromatic hydroxyl groups is 2. The van der Waals surface area contributed by atoms with Gasteiger partial charge in [-0.1, -0.05) is 15.9 Å². The van der Waals surface area contributed by atoms with Crippen molar-refractivity contribution in [2.75, 3.05) is 0 Å². The number of rotatable bonds is 0. The molecule has 1 aliphatic carbocycles. The van der Waals surface area contributed by atoms with Gasteiger partial charge >= 0.3 is 0 Å². The van der Waals surface area contributed by atoms with E-state index < -0.39 is 0 Å². The molecule has 0 bridgehead atoms. The van der Waals surface area contributed by atoms with Crippen LogP contribution < -0.4 is 0 Å². The minimum absolute atomic E-state index is 0.341. The normalized spacial score (nSPS) is 14.9. The van der Waals surface area contributed by atoms with E-state index >= 15 is 0 Å². The molecule has 2 N–H and O–H groups in total. The predicted octanol–water partition coefficient (Wildman–Crippen LogP) is 3.89. The van der Waals surface area contributed by atoms with Crippen molar-refractivity contribution in [2.45, 2.75) is 25.7 Å². The molecule has 3 heteroatoms. The molecule has 0 spiro atoms. The Morgan fingerprint density at radius 1 is 0.882 bits per heavy atom. The lowest BCUT2D eigenvalue weighted by atomic mass is 9.87. The molecule has 2 aromatic rings. The lowest BCUT2D eigenvalue weighted by Crippen LogP contribution is -2.03. The first-order chi connectivity index (χ1) is 8.18. The van der Waals surface area contributed by atoms with Crippen LogP contribution in [-0.4, -0.2) is 10.2 Å². The van der Waals surface area contributed by atoms with E-state index in [9.17, 15) is 10.2 Å². The standard InChI is InChI=1S/C14H13BrO2/c15-8-5-6-11-12(7-8)14(17)10-4-2-1-3-9(10)13(11)16/h5-7,16-17H,1-4H2. The van der Waals surface area contributed by atoms with E-state index in [1.807, 2.05) is 18.2 Å². The Morgan fingerprint density at radius 2 is 1.47 bits per heavy atom. The second-order valence-electron chi connectivity index (χ2n) is 4.55. The van der Waals surface area contributed by atoms with Gasteiger partial charge in [-0.25, -0.2) is 0 Å². The number of halogens is 1. The highest BCUT2D eigenvalue weighted by Gasteiger charge is 2.21. The van der Waals surface area contributed by atoms with Gasteiger partial charge in [0, 0.05) is 26.4 Å². The maximum absolute atomic E-state index is 10.3. The monoisotopic (exact) mass is 292 g/mol. The van der Waals surface area contributed by atoms with Crippen molar-refractivity contribution in [3.63, 3.8) is 0 Å². The van der Waals surface area contributed by atoms with Gasteiger partial charge in [0.15, 0.2) is 0 Å². The molecule has 2 nitrogen and oxygen atoms in total. The quantitative estimate of drug-likeness (QED) is 0.723. The van der Waals surface area contributed by atoms with Gasteiger partial charge in [-0.05, 0) is 43.9 Å². The average Bonchev–Trinajstić information content (AvgIpc) is 2.36. The van der Waals surface area contributed by atoms with Gasteiger partial charge in [0.1, 0.15) is 11.5 Å². The Labute approximate surface area is 108 Å². The number of hydrogen-bond acceptors (Lipinski definition) is 2. The van der Waals surface area contributed by atoms with E-state index in [2.05, 4.69) is 15.9 Å². The van der Waals surface area contributed by atoms with Crippen molar-refractivity contribution in [1.29, 1.82) is 0 Å². The third kappa shape index (κ3) is 1.61. The van der Waals surface area contributed by atoms with E-state index in [4.69, 9.17) is 0 Å². The van der Waals surface area contributed by atoms with Gasteiger partial charge in [0.25, 0.3) is 0 Å². The van der Waals surface area contributed by atoms with Crippen molar-refractivity contribution in [3.05, 3.63) is 33.8 Å². The largest absolute Gasteiger partial charge is 0.507 e. The molecule has 1 aliphatic rings. The van der Waals surface area contributed by atoms with E-state index in [1.54, 1.807) is 0 Å². The van der Waals surface area contributed by atoms with Gasteiger partial charge in [0.2, 0.25) is 0 Å². The highest BCUT2D eigenvalue weighted by atomic mass is 79.9. The third-order valence-electron chi connectivity index (χ3n) is 3.53. The Kier molecular flexibility index (Phi) is 2.51. The lowest BCUT2D eigenvalue weighted by Gasteiger charge is -2.20. The van der Waals surface area contributed by atoms with E-state index in [0.717, 1.165) is 52.1 Å². The SMILES string of the molecule is Oc1c2c(c(O)c3cc(Br)ccc13)CCCC2. The third-order valence-corrected chi connectivity index (χ3v) is 4.02. The summed E-state index contributed by atoms with van der Waals surface area (Å²) in [6.07, 6.45) is 3.89. The molecule has 0 saturated heterocycles. The predicted molar refractivity (Wildman–Crippen MR) is 71.6 cm³/mol. The number of phenolic OH excluding ortho intramolecular Hbond substituents is 2. The highest BCUT2D eigenvalue weighted by molar-refractivity contribution is 9.10. The van der Waals surface area contributed by atoms with Crippen LogP contribution in [0.5, 0.6) is 11.5 Å². The van der Waals surface area contributed by atoms with Crippen molar-refractivity contribution in [2.24, 2.45) is 0 Å². The second-order valence-corrected chi connectivity index (χ2v) is 5.47. The van der Waals surface area contributed by atoms with Crippen LogP contribution in [0.15, 0.2) is 22.7 Å². The molecule has 0 fully saturated rings. The fourth-order valence-electron chi connectivity index (χ4n) is 2.67. The smallest absolute Gasteiger partial charge is 0.127 e. The first-order valence-electron chi connectivity index (χ1n) is 5.83. The zero-order chi connectivity index (χ0) is 12.0. The summed E-state index contributed by atoms with van der Waals surface area (Å²) in [5.41, 5.74) is 1.86. The molecule has 3 rings (SSSR count). The summed E-state index contributed by atoms with van der Waals surface area (Å²) in [5.74, 6) is 0.689. The maximum Gasteiger partial charge on any atom is 0.127 e. The van der Waals surface area contributed by atoms with Gasteiger partial charge in [0.05, 0.1) is 0 Å². The summed E-state index contributed by atoms with van der Waals surface area (Å²) in [6, 6.07) is 5.60. The minimum atomic E-state index is 0.341. The lowest BCUT2D eigenvalue weighted by molar-refractivity contribution is 0.449. The summed E-state index contributed by atoms with van der Waals surface area (Å²) < 4.78 is 0.912. The van der Waals surface area contributed by atoms with Gasteiger partial charge in [-0.2, -0.15) is 0 Å². The van der Waals surface area contributed by atoms with Crippen molar-refractivity contribution < 1.29 is 10.2 Å². The molecule has 0 aromatic heterocycles. The van der Waals surface area contributed by atoms with Crippen LogP contribution in [0.4, 0.5) is 0 Å². The minimum Gasteiger partial charge on any atom is -0.507 e. The highest BCUT2D eigenvalue weighted by Crippen LogP contribution is 2.43. The maximum atomic E-state index is 10.3. The average molecular weight is 293 g/mol. The fourth-order valence-corrected chi connectivity index (χ4v) is 3.03. The molecular formula is C14H13BrO2. The summed E-state index contributed by atoms with van der Waals surface area (Å²) in [7, 11) is 0. The van der Waals surface area contributed by atoms with Gasteiger partial charge in [-0.3, -0.25) is 0 Å². The summed E-state index contributed by atoms with van der Waals surface area (Å²) >= 11 is 3.39. The van der Waals surface area contributed by atoms with Crippen molar-refractivity contribution in [1.82, 2.24) is 0 Å². The number of fused-ring (bicyclic) bond motifs is 2. The Hall–Kier alpha value is -1.22.